The van der Waals surface area contributed by atoms with Gasteiger partial charge in [0.05, 0.1) is 14.8 Å². The van der Waals surface area contributed by atoms with E-state index in [4.69, 9.17) is 0 Å². The Bertz CT molecular complexity index is 848. The van der Waals surface area contributed by atoms with Gasteiger partial charge in [0.15, 0.2) is 0 Å². The van der Waals surface area contributed by atoms with Gasteiger partial charge in [-0.3, -0.25) is 35.1 Å². The highest BCUT2D eigenvalue weighted by Gasteiger charge is 2.24. The Morgan fingerprint density at radius 2 is 1.38 bits per heavy atom. The normalized spacial score (nSPS) is 10.0. The molecule has 0 saturated carbocycles. The lowest BCUT2D eigenvalue weighted by atomic mass is 10.2. The maximum atomic E-state index is 12.0. The predicted octanol–water partition coefficient (Wildman–Crippen LogP) is 2.66. The van der Waals surface area contributed by atoms with E-state index in [2.05, 4.69) is 5.32 Å². The minimum absolute atomic E-state index is 0.0179. The Kier molecular flexibility index (Phi) is 4.45. The van der Waals surface area contributed by atoms with Crippen LogP contribution in [0, 0.1) is 30.3 Å². The van der Waals surface area contributed by atoms with Crippen molar-refractivity contribution in [2.45, 2.75) is 0 Å². The van der Waals surface area contributed by atoms with E-state index in [0.29, 0.717) is 0 Å². The highest BCUT2D eigenvalue weighted by atomic mass is 16.6. The lowest BCUT2D eigenvalue weighted by Gasteiger charge is -2.05. The number of carbonyl (C=O) groups excluding carboxylic acids is 1. The molecule has 0 saturated heterocycles. The second-order valence-electron chi connectivity index (χ2n) is 4.48. The molecule has 0 heterocycles. The number of nitro groups is 3. The Morgan fingerprint density at radius 3 is 1.88 bits per heavy atom. The van der Waals surface area contributed by atoms with Crippen molar-refractivity contribution in [3.05, 3.63) is 78.4 Å². The number of hydrogen-bond acceptors (Lipinski definition) is 7. The third kappa shape index (κ3) is 3.47. The van der Waals surface area contributed by atoms with Crippen LogP contribution in [0.1, 0.15) is 10.4 Å². The van der Waals surface area contributed by atoms with Crippen LogP contribution in [0.4, 0.5) is 22.7 Å². The van der Waals surface area contributed by atoms with Crippen molar-refractivity contribution in [2.75, 3.05) is 5.32 Å². The van der Waals surface area contributed by atoms with Crippen molar-refractivity contribution < 1.29 is 19.6 Å². The summed E-state index contributed by atoms with van der Waals surface area (Å²) in [4.78, 5) is 41.7. The first-order chi connectivity index (χ1) is 11.3. The smallest absolute Gasteiger partial charge is 0.322 e. The molecule has 122 valence electrons. The van der Waals surface area contributed by atoms with Crippen LogP contribution in [-0.2, 0) is 0 Å². The molecule has 0 spiro atoms. The topological polar surface area (TPSA) is 159 Å². The standard InChI is InChI=1S/C13H8N4O7/c18-13(8-1-4-10(5-2-8)15(19)20)14-9-3-6-11(16(21)22)12(7-9)17(23)24/h1-7H,(H,14,18). The fraction of sp³-hybridized carbons (Fsp3) is 0. The van der Waals surface area contributed by atoms with Gasteiger partial charge in [-0.25, -0.2) is 0 Å². The molecule has 24 heavy (non-hydrogen) atoms. The summed E-state index contributed by atoms with van der Waals surface area (Å²) in [5, 5.41) is 34.5. The zero-order chi connectivity index (χ0) is 17.9. The zero-order valence-corrected chi connectivity index (χ0v) is 11.7. The second-order valence-corrected chi connectivity index (χ2v) is 4.48. The molecule has 0 unspecified atom stereocenters. The van der Waals surface area contributed by atoms with Crippen LogP contribution >= 0.6 is 0 Å². The summed E-state index contributed by atoms with van der Waals surface area (Å²) in [6, 6.07) is 7.61. The molecule has 0 aromatic heterocycles. The number of benzene rings is 2. The van der Waals surface area contributed by atoms with Gasteiger partial charge in [-0.2, -0.15) is 0 Å². The molecule has 1 amide bonds. The molecular weight excluding hydrogens is 324 g/mol. The monoisotopic (exact) mass is 332 g/mol. The number of carbonyl (C=O) groups is 1. The number of nitro benzene ring substituents is 3. The van der Waals surface area contributed by atoms with Crippen molar-refractivity contribution in [3.8, 4) is 0 Å². The van der Waals surface area contributed by atoms with E-state index in [1.165, 1.54) is 12.1 Å². The molecule has 11 heteroatoms. The fourth-order valence-corrected chi connectivity index (χ4v) is 1.84. The molecular formula is C13H8N4O7. The Labute approximate surface area is 133 Å². The van der Waals surface area contributed by atoms with E-state index in [1.54, 1.807) is 0 Å². The molecule has 0 radical (unpaired) electrons. The average Bonchev–Trinajstić information content (AvgIpc) is 2.54. The van der Waals surface area contributed by atoms with Crippen LogP contribution in [0.2, 0.25) is 0 Å². The van der Waals surface area contributed by atoms with Crippen molar-refractivity contribution in [2.24, 2.45) is 0 Å². The summed E-state index contributed by atoms with van der Waals surface area (Å²) in [5.41, 5.74) is -1.59. The number of amides is 1. The Hall–Kier alpha value is -3.89. The number of anilines is 1. The number of hydrogen-bond donors (Lipinski definition) is 1. The highest BCUT2D eigenvalue weighted by molar-refractivity contribution is 6.04. The molecule has 0 aliphatic heterocycles. The zero-order valence-electron chi connectivity index (χ0n) is 11.7. The van der Waals surface area contributed by atoms with Crippen molar-refractivity contribution in [1.82, 2.24) is 0 Å². The summed E-state index contributed by atoms with van der Waals surface area (Å²) in [5.74, 6) is -0.673. The molecule has 2 aromatic rings. The van der Waals surface area contributed by atoms with Crippen LogP contribution in [0.3, 0.4) is 0 Å². The van der Waals surface area contributed by atoms with E-state index in [0.717, 1.165) is 30.3 Å². The fourth-order valence-electron chi connectivity index (χ4n) is 1.84. The lowest BCUT2D eigenvalue weighted by Crippen LogP contribution is -2.12. The molecule has 2 aromatic carbocycles. The predicted molar refractivity (Wildman–Crippen MR) is 80.8 cm³/mol. The summed E-state index contributed by atoms with van der Waals surface area (Å²) >= 11 is 0. The molecule has 0 aliphatic rings. The lowest BCUT2D eigenvalue weighted by molar-refractivity contribution is -0.422. The van der Waals surface area contributed by atoms with Gasteiger partial charge >= 0.3 is 11.4 Å². The molecule has 2 rings (SSSR count). The van der Waals surface area contributed by atoms with Gasteiger partial charge in [0.25, 0.3) is 11.6 Å². The quantitative estimate of drug-likeness (QED) is 0.650. The summed E-state index contributed by atoms with van der Waals surface area (Å²) in [6.07, 6.45) is 0. The number of nitrogens with one attached hydrogen (secondary N) is 1. The third-order valence-corrected chi connectivity index (χ3v) is 2.97. The first-order valence-corrected chi connectivity index (χ1v) is 6.28. The summed E-state index contributed by atoms with van der Waals surface area (Å²) in [6.45, 7) is 0. The van der Waals surface area contributed by atoms with E-state index < -0.39 is 32.1 Å². The summed E-state index contributed by atoms with van der Waals surface area (Å²) in [7, 11) is 0. The maximum absolute atomic E-state index is 12.0. The number of nitrogens with zero attached hydrogens (tertiary/aromatic N) is 3. The van der Waals surface area contributed by atoms with Gasteiger partial charge in [-0.05, 0) is 18.2 Å². The van der Waals surface area contributed by atoms with Crippen LogP contribution in [0.5, 0.6) is 0 Å². The largest absolute Gasteiger partial charge is 0.348 e. The van der Waals surface area contributed by atoms with E-state index in [1.807, 2.05) is 0 Å². The first-order valence-electron chi connectivity index (χ1n) is 6.28. The average molecular weight is 332 g/mol. The van der Waals surface area contributed by atoms with E-state index in [-0.39, 0.29) is 16.9 Å². The first kappa shape index (κ1) is 16.5. The Morgan fingerprint density at radius 1 is 0.792 bits per heavy atom. The van der Waals surface area contributed by atoms with Crippen LogP contribution < -0.4 is 5.32 Å². The van der Waals surface area contributed by atoms with Crippen LogP contribution in [0.25, 0.3) is 0 Å². The van der Waals surface area contributed by atoms with Crippen LogP contribution in [-0.4, -0.2) is 20.7 Å². The number of non-ortho nitro benzene ring substituents is 1. The van der Waals surface area contributed by atoms with Gasteiger partial charge < -0.3 is 5.32 Å². The van der Waals surface area contributed by atoms with E-state index in [9.17, 15) is 35.1 Å². The van der Waals surface area contributed by atoms with Crippen LogP contribution in [0.15, 0.2) is 42.5 Å². The Balaban J connectivity index is 2.25. The van der Waals surface area contributed by atoms with E-state index >= 15 is 0 Å². The molecule has 0 aliphatic carbocycles. The minimum atomic E-state index is -0.931. The molecule has 0 fully saturated rings. The van der Waals surface area contributed by atoms with Gasteiger partial charge in [-0.15, -0.1) is 0 Å². The summed E-state index contributed by atoms with van der Waals surface area (Å²) < 4.78 is 0. The van der Waals surface area contributed by atoms with Gasteiger partial charge in [0, 0.05) is 35.5 Å². The van der Waals surface area contributed by atoms with Gasteiger partial charge in [0.2, 0.25) is 0 Å². The van der Waals surface area contributed by atoms with Crippen molar-refractivity contribution in [1.29, 1.82) is 0 Å². The second kappa shape index (κ2) is 6.48. The number of rotatable bonds is 5. The molecule has 0 bridgehead atoms. The molecule has 0 atom stereocenters. The highest BCUT2D eigenvalue weighted by Crippen LogP contribution is 2.29. The maximum Gasteiger partial charge on any atom is 0.348 e. The van der Waals surface area contributed by atoms with Gasteiger partial charge in [0.1, 0.15) is 0 Å². The van der Waals surface area contributed by atoms with Crippen molar-refractivity contribution >= 4 is 28.7 Å². The molecule has 11 nitrogen and oxygen atoms in total. The third-order valence-electron chi connectivity index (χ3n) is 2.97. The van der Waals surface area contributed by atoms with Crippen molar-refractivity contribution in [3.63, 3.8) is 0 Å². The minimum Gasteiger partial charge on any atom is -0.322 e. The SMILES string of the molecule is O=C(Nc1ccc([N+](=O)[O-])c([N+](=O)[O-])c1)c1ccc([N+](=O)[O-])cc1. The molecule has 1 N–H and O–H groups in total. The van der Waals surface area contributed by atoms with Gasteiger partial charge in [-0.1, -0.05) is 0 Å².